The Labute approximate surface area is 118 Å². The van der Waals surface area contributed by atoms with Crippen molar-refractivity contribution in [2.45, 2.75) is 50.6 Å². The van der Waals surface area contributed by atoms with E-state index in [9.17, 15) is 0 Å². The fourth-order valence-corrected chi connectivity index (χ4v) is 4.28. The highest BCUT2D eigenvalue weighted by molar-refractivity contribution is 14.1. The lowest BCUT2D eigenvalue weighted by Gasteiger charge is -2.45. The molecule has 0 unspecified atom stereocenters. The van der Waals surface area contributed by atoms with Gasteiger partial charge in [0.2, 0.25) is 0 Å². The summed E-state index contributed by atoms with van der Waals surface area (Å²) < 4.78 is 1.45. The smallest absolute Gasteiger partial charge is 0.0361 e. The predicted octanol–water partition coefficient (Wildman–Crippen LogP) is 4.37. The van der Waals surface area contributed by atoms with Crippen molar-refractivity contribution in [3.8, 4) is 0 Å². The molecule has 0 amide bonds. The van der Waals surface area contributed by atoms with Gasteiger partial charge in [0.25, 0.3) is 0 Å². The third kappa shape index (κ3) is 2.39. The fraction of sp³-hybridized carbons (Fsp3) is 0.600. The molecule has 2 saturated heterocycles. The van der Waals surface area contributed by atoms with E-state index in [4.69, 9.17) is 0 Å². The Morgan fingerprint density at radius 1 is 1.00 bits per heavy atom. The van der Waals surface area contributed by atoms with E-state index < -0.39 is 0 Å². The third-order valence-electron chi connectivity index (χ3n) is 4.35. The summed E-state index contributed by atoms with van der Waals surface area (Å²) in [5.74, 6) is 0. The highest BCUT2D eigenvalue weighted by atomic mass is 127. The Hall–Kier alpha value is -0.0900. The van der Waals surface area contributed by atoms with Gasteiger partial charge >= 0.3 is 0 Å². The second kappa shape index (κ2) is 5.27. The summed E-state index contributed by atoms with van der Waals surface area (Å²) in [6.07, 6.45) is 8.48. The van der Waals surface area contributed by atoms with Crippen LogP contribution in [0.2, 0.25) is 0 Å². The minimum atomic E-state index is 0.696. The van der Waals surface area contributed by atoms with Gasteiger partial charge in [-0.1, -0.05) is 24.6 Å². The molecule has 2 fully saturated rings. The number of hydrogen-bond acceptors (Lipinski definition) is 1. The largest absolute Gasteiger partial charge is 0.293 e. The molecule has 92 valence electrons. The van der Waals surface area contributed by atoms with Crippen LogP contribution in [0.1, 0.15) is 50.1 Å². The maximum atomic E-state index is 2.80. The zero-order chi connectivity index (χ0) is 11.7. The van der Waals surface area contributed by atoms with Crippen LogP contribution in [0.5, 0.6) is 0 Å². The van der Waals surface area contributed by atoms with Gasteiger partial charge in [0.15, 0.2) is 0 Å². The standard InChI is InChI=1S/C15H20IN/c16-14-9-2-1-8-13(14)15-10-5-7-12-6-3-4-11-17(12)15/h1-2,8-9,12,15H,3-7,10-11H2/t12-,15+/m1/s1. The number of halogens is 1. The van der Waals surface area contributed by atoms with Gasteiger partial charge in [-0.15, -0.1) is 0 Å². The van der Waals surface area contributed by atoms with Crippen LogP contribution in [0.4, 0.5) is 0 Å². The molecule has 0 aliphatic carbocycles. The summed E-state index contributed by atoms with van der Waals surface area (Å²) in [4.78, 5) is 2.80. The first-order valence-electron chi connectivity index (χ1n) is 6.86. The monoisotopic (exact) mass is 341 g/mol. The van der Waals surface area contributed by atoms with Crippen molar-refractivity contribution in [3.63, 3.8) is 0 Å². The SMILES string of the molecule is Ic1ccccc1[C@@H]1CCC[C@H]2CCCCN21. The average molecular weight is 341 g/mol. The van der Waals surface area contributed by atoms with Gasteiger partial charge in [0.1, 0.15) is 0 Å². The van der Waals surface area contributed by atoms with Crippen molar-refractivity contribution < 1.29 is 0 Å². The summed E-state index contributed by atoms with van der Waals surface area (Å²) in [6, 6.07) is 10.5. The normalized spacial score (nSPS) is 29.9. The molecule has 1 aromatic carbocycles. The van der Waals surface area contributed by atoms with Crippen LogP contribution in [0.15, 0.2) is 24.3 Å². The van der Waals surface area contributed by atoms with Crippen LogP contribution in [0.25, 0.3) is 0 Å². The van der Waals surface area contributed by atoms with E-state index in [0.29, 0.717) is 6.04 Å². The molecule has 2 atom stereocenters. The Bertz CT molecular complexity index is 388. The van der Waals surface area contributed by atoms with Crippen LogP contribution in [-0.2, 0) is 0 Å². The number of rotatable bonds is 1. The number of hydrogen-bond donors (Lipinski definition) is 0. The molecular weight excluding hydrogens is 321 g/mol. The molecule has 0 spiro atoms. The van der Waals surface area contributed by atoms with Crippen LogP contribution in [-0.4, -0.2) is 17.5 Å². The van der Waals surface area contributed by atoms with Crippen molar-refractivity contribution in [2.75, 3.05) is 6.54 Å². The van der Waals surface area contributed by atoms with Gasteiger partial charge < -0.3 is 0 Å². The van der Waals surface area contributed by atoms with E-state index in [-0.39, 0.29) is 0 Å². The summed E-state index contributed by atoms with van der Waals surface area (Å²) in [5.41, 5.74) is 1.57. The van der Waals surface area contributed by atoms with Crippen molar-refractivity contribution in [1.82, 2.24) is 4.90 Å². The first-order valence-corrected chi connectivity index (χ1v) is 7.94. The van der Waals surface area contributed by atoms with E-state index >= 15 is 0 Å². The van der Waals surface area contributed by atoms with E-state index in [1.54, 1.807) is 5.56 Å². The Morgan fingerprint density at radius 3 is 2.71 bits per heavy atom. The van der Waals surface area contributed by atoms with Gasteiger partial charge in [-0.2, -0.15) is 0 Å². The van der Waals surface area contributed by atoms with Gasteiger partial charge in [0, 0.05) is 15.7 Å². The van der Waals surface area contributed by atoms with Gasteiger partial charge in [-0.3, -0.25) is 4.90 Å². The van der Waals surface area contributed by atoms with Gasteiger partial charge in [-0.05, 0) is 72.9 Å². The van der Waals surface area contributed by atoms with E-state index in [1.807, 2.05) is 0 Å². The Balaban J connectivity index is 1.88. The number of piperidine rings is 2. The maximum absolute atomic E-state index is 2.80. The first-order chi connectivity index (χ1) is 8.36. The van der Waals surface area contributed by atoms with Gasteiger partial charge in [-0.25, -0.2) is 0 Å². The van der Waals surface area contributed by atoms with Crippen LogP contribution < -0.4 is 0 Å². The third-order valence-corrected chi connectivity index (χ3v) is 5.33. The summed E-state index contributed by atoms with van der Waals surface area (Å²) in [7, 11) is 0. The predicted molar refractivity (Wildman–Crippen MR) is 80.1 cm³/mol. The molecule has 0 N–H and O–H groups in total. The van der Waals surface area contributed by atoms with Crippen molar-refractivity contribution >= 4 is 22.6 Å². The lowest BCUT2D eigenvalue weighted by molar-refractivity contribution is 0.0515. The van der Waals surface area contributed by atoms with E-state index in [1.165, 1.54) is 48.6 Å². The molecular formula is C15H20IN. The molecule has 17 heavy (non-hydrogen) atoms. The Kier molecular flexibility index (Phi) is 3.71. The molecule has 3 rings (SSSR count). The van der Waals surface area contributed by atoms with Crippen LogP contribution >= 0.6 is 22.6 Å². The first kappa shape index (κ1) is 12.0. The Morgan fingerprint density at radius 2 is 1.82 bits per heavy atom. The van der Waals surface area contributed by atoms with Crippen molar-refractivity contribution in [2.24, 2.45) is 0 Å². The molecule has 1 aromatic rings. The number of benzene rings is 1. The maximum Gasteiger partial charge on any atom is 0.0361 e. The molecule has 0 bridgehead atoms. The van der Waals surface area contributed by atoms with Crippen molar-refractivity contribution in [1.29, 1.82) is 0 Å². The fourth-order valence-electron chi connectivity index (χ4n) is 3.54. The molecule has 2 heterocycles. The minimum Gasteiger partial charge on any atom is -0.293 e. The lowest BCUT2D eigenvalue weighted by atomic mass is 9.86. The van der Waals surface area contributed by atoms with E-state index in [0.717, 1.165) is 6.04 Å². The van der Waals surface area contributed by atoms with E-state index in [2.05, 4.69) is 51.8 Å². The molecule has 0 radical (unpaired) electrons. The number of nitrogens with zero attached hydrogens (tertiary/aromatic N) is 1. The zero-order valence-corrected chi connectivity index (χ0v) is 12.4. The van der Waals surface area contributed by atoms with Gasteiger partial charge in [0.05, 0.1) is 0 Å². The second-order valence-electron chi connectivity index (χ2n) is 5.36. The molecule has 2 heteroatoms. The molecule has 2 aliphatic rings. The quantitative estimate of drug-likeness (QED) is 0.686. The molecule has 0 saturated carbocycles. The molecule has 1 nitrogen and oxygen atoms in total. The molecule has 2 aliphatic heterocycles. The lowest BCUT2D eigenvalue weighted by Crippen LogP contribution is -2.44. The second-order valence-corrected chi connectivity index (χ2v) is 6.52. The van der Waals surface area contributed by atoms with Crippen LogP contribution in [0.3, 0.4) is 0 Å². The highest BCUT2D eigenvalue weighted by Gasteiger charge is 2.33. The summed E-state index contributed by atoms with van der Waals surface area (Å²) in [6.45, 7) is 1.32. The summed E-state index contributed by atoms with van der Waals surface area (Å²) in [5, 5.41) is 0. The topological polar surface area (TPSA) is 3.24 Å². The highest BCUT2D eigenvalue weighted by Crippen LogP contribution is 2.39. The van der Waals surface area contributed by atoms with Crippen molar-refractivity contribution in [3.05, 3.63) is 33.4 Å². The minimum absolute atomic E-state index is 0.696. The van der Waals surface area contributed by atoms with Crippen LogP contribution in [0, 0.1) is 3.57 Å². The zero-order valence-electron chi connectivity index (χ0n) is 10.2. The number of fused-ring (bicyclic) bond motifs is 1. The molecule has 0 aromatic heterocycles. The summed E-state index contributed by atoms with van der Waals surface area (Å²) >= 11 is 2.50. The average Bonchev–Trinajstić information content (AvgIpc) is 2.39.